The van der Waals surface area contributed by atoms with Crippen LogP contribution in [-0.4, -0.2) is 21.8 Å². The van der Waals surface area contributed by atoms with Crippen molar-refractivity contribution in [2.45, 2.75) is 6.54 Å². The summed E-state index contributed by atoms with van der Waals surface area (Å²) >= 11 is 0. The maximum atomic E-state index is 5.33. The minimum absolute atomic E-state index is 0.653. The Bertz CT molecular complexity index is 492. The van der Waals surface area contributed by atoms with Crippen molar-refractivity contribution in [2.24, 2.45) is 12.9 Å². The molecule has 90 valence electrons. The molecule has 2 aromatic heterocycles. The van der Waals surface area contributed by atoms with Crippen molar-refractivity contribution >= 4 is 11.5 Å². The monoisotopic (exact) mass is 232 g/mol. The highest BCUT2D eigenvalue weighted by Gasteiger charge is 2.04. The number of aromatic nitrogens is 3. The molecule has 0 aliphatic rings. The fraction of sp³-hybridized carbons (Fsp3) is 0.273. The fourth-order valence-corrected chi connectivity index (χ4v) is 1.65. The van der Waals surface area contributed by atoms with Gasteiger partial charge in [0.15, 0.2) is 0 Å². The molecule has 0 saturated carbocycles. The van der Waals surface area contributed by atoms with Gasteiger partial charge in [0, 0.05) is 50.4 Å². The smallest absolute Gasteiger partial charge is 0.141 e. The number of hydrazine groups is 1. The number of hydrogen-bond acceptors (Lipinski definition) is 5. The van der Waals surface area contributed by atoms with Crippen LogP contribution in [0.3, 0.4) is 0 Å². The number of anilines is 2. The van der Waals surface area contributed by atoms with Crippen LogP contribution < -0.4 is 16.2 Å². The topological polar surface area (TPSA) is 72.0 Å². The number of nitrogens with zero attached hydrogens (tertiary/aromatic N) is 4. The third-order valence-corrected chi connectivity index (χ3v) is 2.51. The van der Waals surface area contributed by atoms with Crippen LogP contribution in [0.4, 0.5) is 11.5 Å². The number of nitrogens with two attached hydrogens (primary N) is 1. The van der Waals surface area contributed by atoms with Crippen LogP contribution in [0.5, 0.6) is 0 Å². The Morgan fingerprint density at radius 1 is 1.53 bits per heavy atom. The van der Waals surface area contributed by atoms with E-state index in [-0.39, 0.29) is 0 Å². The summed E-state index contributed by atoms with van der Waals surface area (Å²) < 4.78 is 1.79. The molecule has 0 radical (unpaired) electrons. The largest absolute Gasteiger partial charge is 0.370 e. The van der Waals surface area contributed by atoms with Crippen LogP contribution in [-0.2, 0) is 13.6 Å². The van der Waals surface area contributed by atoms with Gasteiger partial charge in [-0.3, -0.25) is 4.68 Å². The molecule has 6 nitrogen and oxygen atoms in total. The lowest BCUT2D eigenvalue weighted by molar-refractivity contribution is 0.766. The lowest BCUT2D eigenvalue weighted by Gasteiger charge is -2.18. The molecule has 0 aromatic carbocycles. The van der Waals surface area contributed by atoms with Crippen LogP contribution in [0.2, 0.25) is 0 Å². The van der Waals surface area contributed by atoms with Gasteiger partial charge in [-0.2, -0.15) is 5.10 Å². The molecule has 2 rings (SSSR count). The van der Waals surface area contributed by atoms with E-state index in [9.17, 15) is 0 Å². The van der Waals surface area contributed by atoms with E-state index < -0.39 is 0 Å². The van der Waals surface area contributed by atoms with Crippen molar-refractivity contribution in [3.05, 3.63) is 36.3 Å². The van der Waals surface area contributed by atoms with Gasteiger partial charge in [0.25, 0.3) is 0 Å². The minimum atomic E-state index is 0.653. The standard InChI is InChI=1S/C11H16N6/c1-16(7-9-6-14-17(2)8-9)10-3-4-13-11(5-10)15-12/h3-6,8H,7,12H2,1-2H3,(H,13,15). The molecule has 0 aliphatic heterocycles. The Balaban J connectivity index is 2.11. The van der Waals surface area contributed by atoms with E-state index in [2.05, 4.69) is 20.4 Å². The Morgan fingerprint density at radius 3 is 3.00 bits per heavy atom. The lowest BCUT2D eigenvalue weighted by atomic mass is 10.3. The van der Waals surface area contributed by atoms with E-state index >= 15 is 0 Å². The van der Waals surface area contributed by atoms with Gasteiger partial charge >= 0.3 is 0 Å². The fourth-order valence-electron chi connectivity index (χ4n) is 1.65. The van der Waals surface area contributed by atoms with Crippen LogP contribution in [0.25, 0.3) is 0 Å². The second kappa shape index (κ2) is 4.84. The second-order valence-corrected chi connectivity index (χ2v) is 3.92. The van der Waals surface area contributed by atoms with Crippen molar-refractivity contribution in [3.63, 3.8) is 0 Å². The normalized spacial score (nSPS) is 10.3. The molecule has 0 atom stereocenters. The first-order chi connectivity index (χ1) is 8.19. The second-order valence-electron chi connectivity index (χ2n) is 3.92. The van der Waals surface area contributed by atoms with E-state index in [1.54, 1.807) is 10.9 Å². The molecule has 0 saturated heterocycles. The molecule has 6 heteroatoms. The molecule has 0 aliphatic carbocycles. The average Bonchev–Trinajstić information content (AvgIpc) is 2.75. The predicted molar refractivity (Wildman–Crippen MR) is 67.4 cm³/mol. The lowest BCUT2D eigenvalue weighted by Crippen LogP contribution is -2.17. The molecule has 2 heterocycles. The summed E-state index contributed by atoms with van der Waals surface area (Å²) in [5, 5.41) is 4.14. The highest BCUT2D eigenvalue weighted by Crippen LogP contribution is 2.17. The van der Waals surface area contributed by atoms with Gasteiger partial charge < -0.3 is 10.3 Å². The molecule has 0 bridgehead atoms. The molecule has 0 fully saturated rings. The highest BCUT2D eigenvalue weighted by molar-refractivity contribution is 5.53. The van der Waals surface area contributed by atoms with E-state index in [0.29, 0.717) is 5.82 Å². The predicted octanol–water partition coefficient (Wildman–Crippen LogP) is 0.737. The van der Waals surface area contributed by atoms with Gasteiger partial charge in [0.1, 0.15) is 5.82 Å². The first-order valence-electron chi connectivity index (χ1n) is 5.30. The number of rotatable bonds is 4. The van der Waals surface area contributed by atoms with Crippen molar-refractivity contribution < 1.29 is 0 Å². The van der Waals surface area contributed by atoms with E-state index in [1.165, 1.54) is 0 Å². The zero-order chi connectivity index (χ0) is 12.3. The van der Waals surface area contributed by atoms with E-state index in [4.69, 9.17) is 5.84 Å². The summed E-state index contributed by atoms with van der Waals surface area (Å²) in [6.07, 6.45) is 5.59. The van der Waals surface area contributed by atoms with Crippen LogP contribution in [0.1, 0.15) is 5.56 Å². The summed E-state index contributed by atoms with van der Waals surface area (Å²) in [5.41, 5.74) is 4.75. The molecular formula is C11H16N6. The molecule has 0 spiro atoms. The molecular weight excluding hydrogens is 216 g/mol. The number of nitrogen functional groups attached to an aromatic ring is 1. The molecule has 2 aromatic rings. The number of hydrogen-bond donors (Lipinski definition) is 2. The summed E-state index contributed by atoms with van der Waals surface area (Å²) in [5.74, 6) is 5.98. The Morgan fingerprint density at radius 2 is 2.35 bits per heavy atom. The summed E-state index contributed by atoms with van der Waals surface area (Å²) in [6.45, 7) is 0.794. The van der Waals surface area contributed by atoms with Gasteiger partial charge in [0.2, 0.25) is 0 Å². The third kappa shape index (κ3) is 2.73. The Labute approximate surface area is 100 Å². The summed E-state index contributed by atoms with van der Waals surface area (Å²) in [7, 11) is 3.93. The zero-order valence-electron chi connectivity index (χ0n) is 9.96. The van der Waals surface area contributed by atoms with Crippen molar-refractivity contribution in [2.75, 3.05) is 17.4 Å². The van der Waals surface area contributed by atoms with Gasteiger partial charge in [0.05, 0.1) is 6.20 Å². The van der Waals surface area contributed by atoms with Crippen molar-refractivity contribution in [3.8, 4) is 0 Å². The van der Waals surface area contributed by atoms with Crippen molar-refractivity contribution in [1.29, 1.82) is 0 Å². The van der Waals surface area contributed by atoms with Gasteiger partial charge in [-0.05, 0) is 6.07 Å². The summed E-state index contributed by atoms with van der Waals surface area (Å²) in [4.78, 5) is 6.18. The molecule has 17 heavy (non-hydrogen) atoms. The van der Waals surface area contributed by atoms with E-state index in [1.807, 2.05) is 38.6 Å². The van der Waals surface area contributed by atoms with Gasteiger partial charge in [-0.25, -0.2) is 10.8 Å². The number of pyridine rings is 1. The molecule has 3 N–H and O–H groups in total. The van der Waals surface area contributed by atoms with E-state index in [0.717, 1.165) is 17.8 Å². The first-order valence-corrected chi connectivity index (χ1v) is 5.30. The number of nitrogens with one attached hydrogen (secondary N) is 1. The Kier molecular flexibility index (Phi) is 3.24. The average molecular weight is 232 g/mol. The quantitative estimate of drug-likeness (QED) is 0.601. The first kappa shape index (κ1) is 11.4. The zero-order valence-corrected chi connectivity index (χ0v) is 9.96. The SMILES string of the molecule is CN(Cc1cnn(C)c1)c1ccnc(NN)c1. The maximum absolute atomic E-state index is 5.33. The minimum Gasteiger partial charge on any atom is -0.370 e. The molecule has 0 amide bonds. The number of aryl methyl sites for hydroxylation is 1. The third-order valence-electron chi connectivity index (χ3n) is 2.51. The molecule has 0 unspecified atom stereocenters. The Hall–Kier alpha value is -2.08. The van der Waals surface area contributed by atoms with Crippen LogP contribution in [0, 0.1) is 0 Å². The highest BCUT2D eigenvalue weighted by atomic mass is 15.3. The van der Waals surface area contributed by atoms with Gasteiger partial charge in [-0.1, -0.05) is 0 Å². The van der Waals surface area contributed by atoms with Crippen molar-refractivity contribution in [1.82, 2.24) is 14.8 Å². The van der Waals surface area contributed by atoms with Crippen LogP contribution >= 0.6 is 0 Å². The maximum Gasteiger partial charge on any atom is 0.141 e. The summed E-state index contributed by atoms with van der Waals surface area (Å²) in [6, 6.07) is 3.84. The van der Waals surface area contributed by atoms with Crippen LogP contribution in [0.15, 0.2) is 30.7 Å². The van der Waals surface area contributed by atoms with Gasteiger partial charge in [-0.15, -0.1) is 0 Å².